The Labute approximate surface area is 108 Å². The summed E-state index contributed by atoms with van der Waals surface area (Å²) >= 11 is 6.10. The number of halogens is 1. The van der Waals surface area contributed by atoms with Crippen molar-refractivity contribution in [3.05, 3.63) is 29.3 Å². The van der Waals surface area contributed by atoms with Crippen LogP contribution in [-0.4, -0.2) is 18.1 Å². The van der Waals surface area contributed by atoms with Gasteiger partial charge in [0.05, 0.1) is 0 Å². The molecule has 0 amide bonds. The molecule has 2 N–H and O–H groups in total. The van der Waals surface area contributed by atoms with Crippen molar-refractivity contribution in [2.75, 3.05) is 4.90 Å². The quantitative estimate of drug-likeness (QED) is 0.830. The van der Waals surface area contributed by atoms with Gasteiger partial charge in [-0.2, -0.15) is 0 Å². The number of anilines is 1. The van der Waals surface area contributed by atoms with Gasteiger partial charge in [-0.25, -0.2) is 0 Å². The fourth-order valence-electron chi connectivity index (χ4n) is 3.48. The van der Waals surface area contributed by atoms with Gasteiger partial charge >= 0.3 is 0 Å². The van der Waals surface area contributed by atoms with Gasteiger partial charge in [-0.05, 0) is 50.3 Å². The molecule has 3 heteroatoms. The number of hydrogen-bond donors (Lipinski definition) is 1. The molecule has 3 rings (SSSR count). The Kier molecular flexibility index (Phi) is 3.01. The summed E-state index contributed by atoms with van der Waals surface area (Å²) in [5, 5.41) is 0.829. The number of hydrogen-bond acceptors (Lipinski definition) is 2. The number of benzene rings is 1. The summed E-state index contributed by atoms with van der Waals surface area (Å²) in [6.45, 7) is 0. The lowest BCUT2D eigenvalue weighted by Gasteiger charge is -2.49. The van der Waals surface area contributed by atoms with Crippen molar-refractivity contribution in [1.82, 2.24) is 0 Å². The van der Waals surface area contributed by atoms with E-state index in [2.05, 4.69) is 17.0 Å². The van der Waals surface area contributed by atoms with Crippen LogP contribution in [0.25, 0.3) is 0 Å². The van der Waals surface area contributed by atoms with Crippen LogP contribution in [0.3, 0.4) is 0 Å². The highest BCUT2D eigenvalue weighted by Crippen LogP contribution is 2.37. The molecule has 0 saturated carbocycles. The molecule has 2 saturated heterocycles. The Morgan fingerprint density at radius 3 is 2.53 bits per heavy atom. The summed E-state index contributed by atoms with van der Waals surface area (Å²) in [5.74, 6) is 0. The van der Waals surface area contributed by atoms with Crippen molar-refractivity contribution < 1.29 is 0 Å². The van der Waals surface area contributed by atoms with Crippen LogP contribution in [0.5, 0.6) is 0 Å². The maximum Gasteiger partial charge on any atom is 0.0426 e. The van der Waals surface area contributed by atoms with Gasteiger partial charge in [0, 0.05) is 28.8 Å². The van der Waals surface area contributed by atoms with Crippen molar-refractivity contribution in [2.45, 2.75) is 50.2 Å². The Morgan fingerprint density at radius 2 is 1.88 bits per heavy atom. The standard InChI is InChI=1S/C14H19ClN2/c15-10-3-1-4-12(7-10)17-13-5-2-6-14(17)9-11(16)8-13/h1,3-4,7,11,13-14H,2,5-6,8-9,16H2. The van der Waals surface area contributed by atoms with Crippen molar-refractivity contribution >= 4 is 17.3 Å². The summed E-state index contributed by atoms with van der Waals surface area (Å²) in [4.78, 5) is 2.57. The largest absolute Gasteiger partial charge is 0.365 e. The third-order valence-corrected chi connectivity index (χ3v) is 4.35. The summed E-state index contributed by atoms with van der Waals surface area (Å²) in [5.41, 5.74) is 7.42. The van der Waals surface area contributed by atoms with E-state index in [4.69, 9.17) is 17.3 Å². The van der Waals surface area contributed by atoms with E-state index in [1.54, 1.807) is 0 Å². The second kappa shape index (κ2) is 4.51. The zero-order chi connectivity index (χ0) is 11.8. The lowest BCUT2D eigenvalue weighted by molar-refractivity contribution is 0.271. The Hall–Kier alpha value is -0.730. The first-order chi connectivity index (χ1) is 8.24. The van der Waals surface area contributed by atoms with Crippen LogP contribution in [0.15, 0.2) is 24.3 Å². The fourth-order valence-corrected chi connectivity index (χ4v) is 3.67. The second-order valence-corrected chi connectivity index (χ2v) is 5.79. The first-order valence-electron chi connectivity index (χ1n) is 6.53. The minimum absolute atomic E-state index is 0.390. The minimum atomic E-state index is 0.390. The Bertz CT molecular complexity index is 393. The predicted octanol–water partition coefficient (Wildman–Crippen LogP) is 3.19. The predicted molar refractivity (Wildman–Crippen MR) is 72.6 cm³/mol. The fraction of sp³-hybridized carbons (Fsp3) is 0.571. The molecule has 92 valence electrons. The van der Waals surface area contributed by atoms with E-state index in [9.17, 15) is 0 Å². The van der Waals surface area contributed by atoms with Crippen LogP contribution in [0.2, 0.25) is 5.02 Å². The molecule has 2 aliphatic heterocycles. The van der Waals surface area contributed by atoms with E-state index in [-0.39, 0.29) is 0 Å². The molecule has 0 aromatic heterocycles. The molecular formula is C14H19ClN2. The number of piperidine rings is 2. The smallest absolute Gasteiger partial charge is 0.0426 e. The maximum atomic E-state index is 6.14. The average molecular weight is 251 g/mol. The average Bonchev–Trinajstić information content (AvgIpc) is 2.27. The maximum absolute atomic E-state index is 6.14. The van der Waals surface area contributed by atoms with Crippen LogP contribution in [0.1, 0.15) is 32.1 Å². The highest BCUT2D eigenvalue weighted by atomic mass is 35.5. The molecule has 0 aliphatic carbocycles. The van der Waals surface area contributed by atoms with Crippen LogP contribution < -0.4 is 10.6 Å². The molecule has 0 radical (unpaired) electrons. The number of nitrogens with zero attached hydrogens (tertiary/aromatic N) is 1. The lowest BCUT2D eigenvalue weighted by atomic mass is 9.81. The van der Waals surface area contributed by atoms with Crippen LogP contribution >= 0.6 is 11.6 Å². The summed E-state index contributed by atoms with van der Waals surface area (Å²) in [6, 6.07) is 9.88. The van der Waals surface area contributed by atoms with E-state index >= 15 is 0 Å². The van der Waals surface area contributed by atoms with E-state index in [1.165, 1.54) is 24.9 Å². The molecule has 2 aliphatic rings. The first kappa shape index (κ1) is 11.4. The highest BCUT2D eigenvalue weighted by Gasteiger charge is 2.36. The Balaban J connectivity index is 1.91. The first-order valence-corrected chi connectivity index (χ1v) is 6.91. The van der Waals surface area contributed by atoms with Gasteiger partial charge in [-0.15, -0.1) is 0 Å². The molecule has 2 atom stereocenters. The third kappa shape index (κ3) is 2.16. The van der Waals surface area contributed by atoms with Crippen molar-refractivity contribution in [2.24, 2.45) is 5.73 Å². The molecular weight excluding hydrogens is 232 g/mol. The van der Waals surface area contributed by atoms with Crippen LogP contribution in [0.4, 0.5) is 5.69 Å². The van der Waals surface area contributed by atoms with Crippen molar-refractivity contribution in [3.8, 4) is 0 Å². The topological polar surface area (TPSA) is 29.3 Å². The molecule has 2 heterocycles. The number of fused-ring (bicyclic) bond motifs is 2. The minimum Gasteiger partial charge on any atom is -0.365 e. The molecule has 2 fully saturated rings. The van der Waals surface area contributed by atoms with Crippen molar-refractivity contribution in [3.63, 3.8) is 0 Å². The number of nitrogens with two attached hydrogens (primary N) is 1. The van der Waals surface area contributed by atoms with Gasteiger partial charge in [-0.3, -0.25) is 0 Å². The second-order valence-electron chi connectivity index (χ2n) is 5.36. The Morgan fingerprint density at radius 1 is 1.18 bits per heavy atom. The molecule has 2 nitrogen and oxygen atoms in total. The molecule has 1 aromatic carbocycles. The lowest BCUT2D eigenvalue weighted by Crippen LogP contribution is -2.55. The summed E-state index contributed by atoms with van der Waals surface area (Å²) in [7, 11) is 0. The van der Waals surface area contributed by atoms with Crippen LogP contribution in [-0.2, 0) is 0 Å². The zero-order valence-corrected chi connectivity index (χ0v) is 10.7. The van der Waals surface area contributed by atoms with Gasteiger partial charge in [-0.1, -0.05) is 17.7 Å². The number of rotatable bonds is 1. The third-order valence-electron chi connectivity index (χ3n) is 4.12. The molecule has 0 spiro atoms. The zero-order valence-electron chi connectivity index (χ0n) is 9.98. The SMILES string of the molecule is NC1CC2CCCC(C1)N2c1cccc(Cl)c1. The van der Waals surface area contributed by atoms with Gasteiger partial charge in [0.25, 0.3) is 0 Å². The van der Waals surface area contributed by atoms with E-state index in [0.29, 0.717) is 18.1 Å². The van der Waals surface area contributed by atoms with Crippen LogP contribution in [0, 0.1) is 0 Å². The molecule has 17 heavy (non-hydrogen) atoms. The van der Waals surface area contributed by atoms with E-state index < -0.39 is 0 Å². The normalized spacial score (nSPS) is 32.6. The molecule has 1 aromatic rings. The van der Waals surface area contributed by atoms with Gasteiger partial charge in [0.1, 0.15) is 0 Å². The van der Waals surface area contributed by atoms with E-state index in [0.717, 1.165) is 17.9 Å². The summed E-state index contributed by atoms with van der Waals surface area (Å²) in [6.07, 6.45) is 6.15. The van der Waals surface area contributed by atoms with Gasteiger partial charge in [0.15, 0.2) is 0 Å². The molecule has 2 unspecified atom stereocenters. The highest BCUT2D eigenvalue weighted by molar-refractivity contribution is 6.30. The molecule has 2 bridgehead atoms. The monoisotopic (exact) mass is 250 g/mol. The van der Waals surface area contributed by atoms with Crippen molar-refractivity contribution in [1.29, 1.82) is 0 Å². The van der Waals surface area contributed by atoms with Gasteiger partial charge < -0.3 is 10.6 Å². The summed E-state index contributed by atoms with van der Waals surface area (Å²) < 4.78 is 0. The van der Waals surface area contributed by atoms with Gasteiger partial charge in [0.2, 0.25) is 0 Å². The van der Waals surface area contributed by atoms with E-state index in [1.807, 2.05) is 12.1 Å².